The van der Waals surface area contributed by atoms with Crippen molar-refractivity contribution in [1.29, 1.82) is 0 Å². The number of pyridine rings is 1. The minimum atomic E-state index is 0.414. The maximum absolute atomic E-state index is 5.57. The van der Waals surface area contributed by atoms with Gasteiger partial charge in [0.15, 0.2) is 5.82 Å². The second kappa shape index (κ2) is 4.86. The van der Waals surface area contributed by atoms with Gasteiger partial charge in [0.2, 0.25) is 0 Å². The zero-order valence-electron chi connectivity index (χ0n) is 10.2. The van der Waals surface area contributed by atoms with E-state index in [-0.39, 0.29) is 0 Å². The number of nitrogens with zero attached hydrogens (tertiary/aromatic N) is 3. The molecule has 0 bridgehead atoms. The minimum Gasteiger partial charge on any atom is -0.334 e. The van der Waals surface area contributed by atoms with Crippen LogP contribution in [0.4, 0.5) is 0 Å². The van der Waals surface area contributed by atoms with Gasteiger partial charge in [0.25, 0.3) is 5.89 Å². The third kappa shape index (κ3) is 2.13. The highest BCUT2D eigenvalue weighted by Gasteiger charge is 2.22. The Morgan fingerprint density at radius 3 is 2.94 bits per heavy atom. The molecule has 1 aliphatic rings. The predicted molar refractivity (Wildman–Crippen MR) is 66.6 cm³/mol. The monoisotopic (exact) mass is 244 g/mol. The lowest BCUT2D eigenvalue weighted by atomic mass is 10.1. The van der Waals surface area contributed by atoms with Gasteiger partial charge in [-0.15, -0.1) is 0 Å². The van der Waals surface area contributed by atoms with Crippen molar-refractivity contribution in [2.75, 3.05) is 0 Å². The van der Waals surface area contributed by atoms with Crippen LogP contribution >= 0.6 is 0 Å². The zero-order valence-corrected chi connectivity index (χ0v) is 10.2. The van der Waals surface area contributed by atoms with Crippen molar-refractivity contribution in [2.45, 2.75) is 38.1 Å². The van der Waals surface area contributed by atoms with Crippen molar-refractivity contribution in [3.05, 3.63) is 29.8 Å². The molecular weight excluding hydrogens is 228 g/mol. The fourth-order valence-electron chi connectivity index (χ4n) is 2.42. The fraction of sp³-hybridized carbons (Fsp3) is 0.462. The van der Waals surface area contributed by atoms with E-state index >= 15 is 0 Å². The van der Waals surface area contributed by atoms with Gasteiger partial charge in [-0.1, -0.05) is 18.0 Å². The first-order valence-electron chi connectivity index (χ1n) is 6.36. The van der Waals surface area contributed by atoms with E-state index in [0.717, 1.165) is 17.1 Å². The van der Waals surface area contributed by atoms with Gasteiger partial charge in [0.1, 0.15) is 0 Å². The second-order valence-corrected chi connectivity index (χ2v) is 4.68. The summed E-state index contributed by atoms with van der Waals surface area (Å²) in [6.45, 7) is 0.414. The average molecular weight is 244 g/mol. The van der Waals surface area contributed by atoms with E-state index in [2.05, 4.69) is 15.1 Å². The van der Waals surface area contributed by atoms with Crippen molar-refractivity contribution < 1.29 is 4.52 Å². The van der Waals surface area contributed by atoms with E-state index in [1.165, 1.54) is 25.7 Å². The lowest BCUT2D eigenvalue weighted by Crippen LogP contribution is -1.99. The molecule has 5 nitrogen and oxygen atoms in total. The van der Waals surface area contributed by atoms with E-state index in [1.807, 2.05) is 12.1 Å². The Balaban J connectivity index is 1.87. The molecule has 5 heteroatoms. The van der Waals surface area contributed by atoms with Gasteiger partial charge in [-0.05, 0) is 25.0 Å². The Morgan fingerprint density at radius 1 is 1.33 bits per heavy atom. The third-order valence-corrected chi connectivity index (χ3v) is 3.43. The third-order valence-electron chi connectivity index (χ3n) is 3.43. The van der Waals surface area contributed by atoms with Gasteiger partial charge in [-0.3, -0.25) is 4.98 Å². The SMILES string of the molecule is NCc1cc(-c2nc(C3CCCC3)no2)ccn1. The van der Waals surface area contributed by atoms with Gasteiger partial charge < -0.3 is 10.3 Å². The Morgan fingerprint density at radius 2 is 2.17 bits per heavy atom. The molecule has 0 aromatic carbocycles. The molecule has 3 rings (SSSR count). The average Bonchev–Trinajstić information content (AvgIpc) is 3.09. The highest BCUT2D eigenvalue weighted by molar-refractivity contribution is 5.52. The van der Waals surface area contributed by atoms with Crippen molar-refractivity contribution >= 4 is 0 Å². The fourth-order valence-corrected chi connectivity index (χ4v) is 2.42. The van der Waals surface area contributed by atoms with E-state index in [9.17, 15) is 0 Å². The molecule has 0 radical (unpaired) electrons. The summed E-state index contributed by atoms with van der Waals surface area (Å²) in [7, 11) is 0. The largest absolute Gasteiger partial charge is 0.334 e. The topological polar surface area (TPSA) is 77.8 Å². The smallest absolute Gasteiger partial charge is 0.258 e. The van der Waals surface area contributed by atoms with Gasteiger partial charge in [0, 0.05) is 24.2 Å². The van der Waals surface area contributed by atoms with Gasteiger partial charge in [0.05, 0.1) is 5.69 Å². The van der Waals surface area contributed by atoms with E-state index in [4.69, 9.17) is 10.3 Å². The molecule has 18 heavy (non-hydrogen) atoms. The van der Waals surface area contributed by atoms with E-state index in [1.54, 1.807) is 6.20 Å². The normalized spacial score (nSPS) is 16.3. The molecular formula is C13H16N4O. The zero-order chi connectivity index (χ0) is 12.4. The lowest BCUT2D eigenvalue weighted by Gasteiger charge is -2.00. The standard InChI is InChI=1S/C13H16N4O/c14-8-11-7-10(5-6-15-11)13-16-12(17-18-13)9-3-1-2-4-9/h5-7,9H,1-4,8,14H2. The number of rotatable bonds is 3. The summed E-state index contributed by atoms with van der Waals surface area (Å²) in [4.78, 5) is 8.64. The van der Waals surface area contributed by atoms with Crippen LogP contribution in [0.15, 0.2) is 22.9 Å². The number of hydrogen-bond acceptors (Lipinski definition) is 5. The molecule has 0 atom stereocenters. The highest BCUT2D eigenvalue weighted by atomic mass is 16.5. The molecule has 2 aromatic heterocycles. The van der Waals surface area contributed by atoms with E-state index in [0.29, 0.717) is 18.4 Å². The summed E-state index contributed by atoms with van der Waals surface area (Å²) in [5.41, 5.74) is 7.29. The quantitative estimate of drug-likeness (QED) is 0.895. The Bertz CT molecular complexity index is 531. The minimum absolute atomic E-state index is 0.414. The van der Waals surface area contributed by atoms with Crippen molar-refractivity contribution in [3.63, 3.8) is 0 Å². The molecule has 1 fully saturated rings. The lowest BCUT2D eigenvalue weighted by molar-refractivity contribution is 0.415. The van der Waals surface area contributed by atoms with Crippen LogP contribution in [0, 0.1) is 0 Å². The van der Waals surface area contributed by atoms with Crippen LogP contribution in [-0.4, -0.2) is 15.1 Å². The van der Waals surface area contributed by atoms with Crippen LogP contribution in [0.5, 0.6) is 0 Å². The van der Waals surface area contributed by atoms with Crippen LogP contribution in [0.25, 0.3) is 11.5 Å². The van der Waals surface area contributed by atoms with Gasteiger partial charge in [-0.2, -0.15) is 4.98 Å². The Hall–Kier alpha value is -1.75. The second-order valence-electron chi connectivity index (χ2n) is 4.68. The first-order valence-corrected chi connectivity index (χ1v) is 6.36. The maximum Gasteiger partial charge on any atom is 0.258 e. The van der Waals surface area contributed by atoms with Crippen LogP contribution in [0.2, 0.25) is 0 Å². The number of hydrogen-bond donors (Lipinski definition) is 1. The molecule has 0 spiro atoms. The molecule has 0 unspecified atom stereocenters. The summed E-state index contributed by atoms with van der Waals surface area (Å²) >= 11 is 0. The highest BCUT2D eigenvalue weighted by Crippen LogP contribution is 2.33. The summed E-state index contributed by atoms with van der Waals surface area (Å²) < 4.78 is 5.33. The molecule has 2 aromatic rings. The Kier molecular flexibility index (Phi) is 3.06. The molecule has 0 saturated heterocycles. The van der Waals surface area contributed by atoms with E-state index < -0.39 is 0 Å². The van der Waals surface area contributed by atoms with Crippen LogP contribution in [0.1, 0.15) is 43.1 Å². The predicted octanol–water partition coefficient (Wildman–Crippen LogP) is 2.25. The van der Waals surface area contributed by atoms with Crippen molar-refractivity contribution in [3.8, 4) is 11.5 Å². The van der Waals surface area contributed by atoms with Crippen molar-refractivity contribution in [2.24, 2.45) is 5.73 Å². The molecule has 2 heterocycles. The maximum atomic E-state index is 5.57. The molecule has 1 aliphatic carbocycles. The molecule has 94 valence electrons. The molecule has 1 saturated carbocycles. The van der Waals surface area contributed by atoms with Crippen LogP contribution < -0.4 is 5.73 Å². The van der Waals surface area contributed by atoms with Gasteiger partial charge in [-0.25, -0.2) is 0 Å². The summed E-state index contributed by atoms with van der Waals surface area (Å²) in [6.07, 6.45) is 6.59. The summed E-state index contributed by atoms with van der Waals surface area (Å²) in [5, 5.41) is 4.09. The first-order chi connectivity index (χ1) is 8.86. The summed E-state index contributed by atoms with van der Waals surface area (Å²) in [6, 6.07) is 3.76. The molecule has 0 amide bonds. The molecule has 0 aliphatic heterocycles. The Labute approximate surface area is 105 Å². The van der Waals surface area contributed by atoms with Crippen LogP contribution in [-0.2, 0) is 6.54 Å². The van der Waals surface area contributed by atoms with Gasteiger partial charge >= 0.3 is 0 Å². The number of nitrogens with two attached hydrogens (primary N) is 1. The summed E-state index contributed by atoms with van der Waals surface area (Å²) in [5.74, 6) is 1.88. The number of aromatic nitrogens is 3. The van der Waals surface area contributed by atoms with Crippen molar-refractivity contribution in [1.82, 2.24) is 15.1 Å². The first kappa shape index (κ1) is 11.3. The van der Waals surface area contributed by atoms with Crippen LogP contribution in [0.3, 0.4) is 0 Å². The molecule has 2 N–H and O–H groups in total.